The number of ketones is 1. The first-order valence-electron chi connectivity index (χ1n) is 7.87. The summed E-state index contributed by atoms with van der Waals surface area (Å²) >= 11 is 0. The Morgan fingerprint density at radius 1 is 0.885 bits per heavy atom. The van der Waals surface area contributed by atoms with Crippen molar-refractivity contribution in [2.24, 2.45) is 0 Å². The van der Waals surface area contributed by atoms with E-state index in [-0.39, 0.29) is 0 Å². The molecule has 2 rings (SSSR count). The number of carboxylic acid groups (broad SMARTS) is 2. The summed E-state index contributed by atoms with van der Waals surface area (Å²) in [5.41, 5.74) is 2.10. The summed E-state index contributed by atoms with van der Waals surface area (Å²) in [6.45, 7) is -0.630. The highest BCUT2D eigenvalue weighted by molar-refractivity contribution is 6.01. The average Bonchev–Trinajstić information content (AvgIpc) is 2.62. The van der Waals surface area contributed by atoms with E-state index in [1.165, 1.54) is 0 Å². The van der Waals surface area contributed by atoms with Crippen LogP contribution in [0.3, 0.4) is 0 Å². The molecule has 2 N–H and O–H groups in total. The van der Waals surface area contributed by atoms with Crippen LogP contribution in [0.2, 0.25) is 0 Å². The normalized spacial score (nSPS) is 11.3. The van der Waals surface area contributed by atoms with Gasteiger partial charge in [-0.1, -0.05) is 60.7 Å². The number of hydrogen-bond acceptors (Lipinski definition) is 4. The highest BCUT2D eigenvalue weighted by atomic mass is 16.5. The Morgan fingerprint density at radius 3 is 1.96 bits per heavy atom. The zero-order valence-corrected chi connectivity index (χ0v) is 13.9. The van der Waals surface area contributed by atoms with Crippen molar-refractivity contribution >= 4 is 23.8 Å². The van der Waals surface area contributed by atoms with Gasteiger partial charge in [0, 0.05) is 12.0 Å². The first-order chi connectivity index (χ1) is 12.5. The standard InChI is InChI=1S/C20H18O6/c21-17(13-26-18(19(22)23)20(24)25)16(11-14-7-3-1-4-8-14)12-15-9-5-2-6-10-15/h1-11,18H,12-13H2,(H,22,23)(H,24,25). The molecule has 0 fully saturated rings. The van der Waals surface area contributed by atoms with Crippen LogP contribution < -0.4 is 0 Å². The van der Waals surface area contributed by atoms with E-state index < -0.39 is 30.4 Å². The molecule has 0 aliphatic rings. The van der Waals surface area contributed by atoms with Gasteiger partial charge in [-0.2, -0.15) is 0 Å². The molecule has 0 aromatic heterocycles. The second kappa shape index (κ2) is 9.29. The number of hydrogen-bond donors (Lipinski definition) is 2. The van der Waals surface area contributed by atoms with Crippen LogP contribution >= 0.6 is 0 Å². The summed E-state index contributed by atoms with van der Waals surface area (Å²) in [6, 6.07) is 18.5. The Kier molecular flexibility index (Phi) is 6.82. The molecule has 0 aliphatic heterocycles. The first kappa shape index (κ1) is 19.1. The Hall–Kier alpha value is -3.25. The third kappa shape index (κ3) is 5.68. The smallest absolute Gasteiger partial charge is 0.344 e. The molecule has 0 spiro atoms. The van der Waals surface area contributed by atoms with Gasteiger partial charge in [-0.3, -0.25) is 4.79 Å². The van der Waals surface area contributed by atoms with Crippen LogP contribution in [0.25, 0.3) is 6.08 Å². The molecule has 134 valence electrons. The maximum Gasteiger partial charge on any atom is 0.344 e. The molecular weight excluding hydrogens is 336 g/mol. The molecule has 26 heavy (non-hydrogen) atoms. The molecule has 0 amide bonds. The molecule has 0 aliphatic carbocycles. The Morgan fingerprint density at radius 2 is 1.42 bits per heavy atom. The number of rotatable bonds is 9. The first-order valence-corrected chi connectivity index (χ1v) is 7.87. The second-order valence-corrected chi connectivity index (χ2v) is 5.53. The van der Waals surface area contributed by atoms with Crippen molar-refractivity contribution in [1.82, 2.24) is 0 Å². The summed E-state index contributed by atoms with van der Waals surface area (Å²) in [7, 11) is 0. The molecule has 6 nitrogen and oxygen atoms in total. The minimum absolute atomic E-state index is 0.322. The van der Waals surface area contributed by atoms with E-state index in [0.717, 1.165) is 11.1 Å². The average molecular weight is 354 g/mol. The van der Waals surface area contributed by atoms with Crippen molar-refractivity contribution < 1.29 is 29.3 Å². The van der Waals surface area contributed by atoms with E-state index >= 15 is 0 Å². The van der Waals surface area contributed by atoms with Gasteiger partial charge in [0.2, 0.25) is 0 Å². The lowest BCUT2D eigenvalue weighted by Crippen LogP contribution is -2.34. The fourth-order valence-corrected chi connectivity index (χ4v) is 2.30. The van der Waals surface area contributed by atoms with Gasteiger partial charge >= 0.3 is 11.9 Å². The molecule has 2 aromatic rings. The Labute approximate surface area is 150 Å². The molecule has 0 saturated carbocycles. The predicted molar refractivity (Wildman–Crippen MR) is 94.6 cm³/mol. The predicted octanol–water partition coefficient (Wildman–Crippen LogP) is 2.44. The van der Waals surface area contributed by atoms with Crippen LogP contribution in [0.15, 0.2) is 66.2 Å². The van der Waals surface area contributed by atoms with E-state index in [1.807, 2.05) is 60.7 Å². The minimum atomic E-state index is -2.08. The zero-order chi connectivity index (χ0) is 18.9. The van der Waals surface area contributed by atoms with Gasteiger partial charge in [0.25, 0.3) is 6.10 Å². The number of carbonyl (C=O) groups is 3. The van der Waals surface area contributed by atoms with E-state index in [1.54, 1.807) is 6.08 Å². The lowest BCUT2D eigenvalue weighted by Gasteiger charge is -2.11. The Bertz CT molecular complexity index is 782. The molecule has 0 heterocycles. The maximum atomic E-state index is 12.5. The van der Waals surface area contributed by atoms with Gasteiger partial charge in [-0.25, -0.2) is 9.59 Å². The van der Waals surface area contributed by atoms with Crippen LogP contribution in [0.5, 0.6) is 0 Å². The summed E-state index contributed by atoms with van der Waals surface area (Å²) in [4.78, 5) is 34.3. The number of carbonyl (C=O) groups excluding carboxylic acids is 1. The van der Waals surface area contributed by atoms with Crippen molar-refractivity contribution in [2.45, 2.75) is 12.5 Å². The maximum absolute atomic E-state index is 12.5. The third-order valence-electron chi connectivity index (χ3n) is 3.57. The van der Waals surface area contributed by atoms with Crippen LogP contribution in [-0.2, 0) is 25.5 Å². The van der Waals surface area contributed by atoms with Gasteiger partial charge < -0.3 is 14.9 Å². The fourth-order valence-electron chi connectivity index (χ4n) is 2.30. The molecule has 0 atom stereocenters. The second-order valence-electron chi connectivity index (χ2n) is 5.53. The topological polar surface area (TPSA) is 101 Å². The van der Waals surface area contributed by atoms with Crippen LogP contribution in [-0.4, -0.2) is 40.6 Å². The molecule has 0 saturated heterocycles. The summed E-state index contributed by atoms with van der Waals surface area (Å²) in [5.74, 6) is -3.77. The van der Waals surface area contributed by atoms with Gasteiger partial charge in [-0.15, -0.1) is 0 Å². The molecule has 0 bridgehead atoms. The Balaban J connectivity index is 2.20. The number of Topliss-reactive ketones (excluding diaryl/α,β-unsaturated/α-hetero) is 1. The van der Waals surface area contributed by atoms with Crippen molar-refractivity contribution in [2.75, 3.05) is 6.61 Å². The number of ether oxygens (including phenoxy) is 1. The van der Waals surface area contributed by atoms with Gasteiger partial charge in [-0.05, 0) is 17.2 Å². The molecule has 6 heteroatoms. The molecule has 0 radical (unpaired) electrons. The van der Waals surface area contributed by atoms with Crippen LogP contribution in [0.1, 0.15) is 11.1 Å². The van der Waals surface area contributed by atoms with Crippen LogP contribution in [0, 0.1) is 0 Å². The van der Waals surface area contributed by atoms with E-state index in [0.29, 0.717) is 12.0 Å². The molecule has 0 unspecified atom stereocenters. The van der Waals surface area contributed by atoms with E-state index in [9.17, 15) is 14.4 Å². The lowest BCUT2D eigenvalue weighted by atomic mass is 9.99. The third-order valence-corrected chi connectivity index (χ3v) is 3.57. The minimum Gasteiger partial charge on any atom is -0.479 e. The number of carboxylic acids is 2. The molecular formula is C20H18O6. The zero-order valence-electron chi connectivity index (χ0n) is 13.9. The van der Waals surface area contributed by atoms with Gasteiger partial charge in [0.05, 0.1) is 0 Å². The van der Waals surface area contributed by atoms with Crippen molar-refractivity contribution in [3.8, 4) is 0 Å². The lowest BCUT2D eigenvalue weighted by molar-refractivity contribution is -0.166. The largest absolute Gasteiger partial charge is 0.479 e. The summed E-state index contributed by atoms with van der Waals surface area (Å²) < 4.78 is 4.79. The summed E-state index contributed by atoms with van der Waals surface area (Å²) in [5, 5.41) is 17.7. The van der Waals surface area contributed by atoms with E-state index in [2.05, 4.69) is 0 Å². The van der Waals surface area contributed by atoms with Gasteiger partial charge in [0.15, 0.2) is 5.78 Å². The molecule has 2 aromatic carbocycles. The van der Waals surface area contributed by atoms with Crippen molar-refractivity contribution in [3.05, 3.63) is 77.4 Å². The number of aliphatic carboxylic acids is 2. The van der Waals surface area contributed by atoms with Gasteiger partial charge in [0.1, 0.15) is 6.61 Å². The highest BCUT2D eigenvalue weighted by Gasteiger charge is 2.28. The van der Waals surface area contributed by atoms with Crippen molar-refractivity contribution in [1.29, 1.82) is 0 Å². The fraction of sp³-hybridized carbons (Fsp3) is 0.150. The summed E-state index contributed by atoms with van der Waals surface area (Å²) in [6.07, 6.45) is -0.0634. The monoisotopic (exact) mass is 354 g/mol. The number of benzene rings is 2. The van der Waals surface area contributed by atoms with Crippen LogP contribution in [0.4, 0.5) is 0 Å². The van der Waals surface area contributed by atoms with Crippen molar-refractivity contribution in [3.63, 3.8) is 0 Å². The highest BCUT2D eigenvalue weighted by Crippen LogP contribution is 2.14. The SMILES string of the molecule is O=C(COC(C(=O)O)C(=O)O)C(=Cc1ccccc1)Cc1ccccc1. The quantitative estimate of drug-likeness (QED) is 0.530. The van der Waals surface area contributed by atoms with E-state index in [4.69, 9.17) is 14.9 Å².